The highest BCUT2D eigenvalue weighted by Crippen LogP contribution is 2.40. The van der Waals surface area contributed by atoms with Crippen LogP contribution in [0.4, 0.5) is 0 Å². The number of carboxylic acids is 1. The van der Waals surface area contributed by atoms with Gasteiger partial charge in [0.05, 0.1) is 12.5 Å². The van der Waals surface area contributed by atoms with Crippen LogP contribution in [0.15, 0.2) is 0 Å². The summed E-state index contributed by atoms with van der Waals surface area (Å²) in [6, 6.07) is -0.512. The molecular weight excluding hydrogens is 246 g/mol. The molecule has 2 aliphatic rings. The first kappa shape index (κ1) is 14.3. The largest absolute Gasteiger partial charge is 0.480 e. The van der Waals surface area contributed by atoms with E-state index in [-0.39, 0.29) is 17.9 Å². The molecule has 0 aromatic carbocycles. The summed E-state index contributed by atoms with van der Waals surface area (Å²) in [6.45, 7) is 2.15. The molecule has 0 aromatic heterocycles. The fourth-order valence-corrected chi connectivity index (χ4v) is 3.57. The molecule has 5 heteroatoms. The predicted molar refractivity (Wildman–Crippen MR) is 69.7 cm³/mol. The minimum atomic E-state index is -0.868. The lowest BCUT2D eigenvalue weighted by atomic mass is 9.84. The molecule has 1 amide bonds. The van der Waals surface area contributed by atoms with Crippen molar-refractivity contribution < 1.29 is 19.4 Å². The van der Waals surface area contributed by atoms with Crippen molar-refractivity contribution in [2.45, 2.75) is 51.1 Å². The number of carbonyl (C=O) groups is 2. The van der Waals surface area contributed by atoms with Crippen LogP contribution in [0, 0.1) is 11.8 Å². The molecule has 1 N–H and O–H groups in total. The number of carbonyl (C=O) groups excluding carboxylic acids is 1. The number of hydrogen-bond donors (Lipinski definition) is 1. The van der Waals surface area contributed by atoms with Gasteiger partial charge < -0.3 is 14.7 Å². The Kier molecular flexibility index (Phi) is 4.45. The highest BCUT2D eigenvalue weighted by Gasteiger charge is 2.48. The Morgan fingerprint density at radius 3 is 2.68 bits per heavy atom. The SMILES string of the molecule is COC[C@H](C)C(=O)N1[C@@H]2CCCC[C@H]2C[C@H]1C(=O)O. The Morgan fingerprint density at radius 1 is 1.37 bits per heavy atom. The van der Waals surface area contributed by atoms with Crippen molar-refractivity contribution in [1.82, 2.24) is 4.90 Å². The summed E-state index contributed by atoms with van der Waals surface area (Å²) in [4.78, 5) is 25.6. The van der Waals surface area contributed by atoms with Crippen LogP contribution >= 0.6 is 0 Å². The van der Waals surface area contributed by atoms with Gasteiger partial charge >= 0.3 is 5.97 Å². The smallest absolute Gasteiger partial charge is 0.326 e. The van der Waals surface area contributed by atoms with E-state index < -0.39 is 12.0 Å². The molecule has 0 aromatic rings. The van der Waals surface area contributed by atoms with Crippen LogP contribution in [0.2, 0.25) is 0 Å². The Bertz CT molecular complexity index is 357. The molecule has 1 aliphatic heterocycles. The average molecular weight is 269 g/mol. The molecular formula is C14H23NO4. The van der Waals surface area contributed by atoms with Crippen LogP contribution in [0.25, 0.3) is 0 Å². The lowest BCUT2D eigenvalue weighted by molar-refractivity contribution is -0.152. The standard InChI is InChI=1S/C14H23NO4/c1-9(8-19-2)13(16)15-11-6-4-3-5-10(11)7-12(15)14(17)18/h9-12H,3-8H2,1-2H3,(H,17,18)/t9-,10-,11+,12-/m0/s1. The number of carboxylic acid groups (broad SMARTS) is 1. The van der Waals surface area contributed by atoms with Gasteiger partial charge in [-0.15, -0.1) is 0 Å². The van der Waals surface area contributed by atoms with E-state index in [0.29, 0.717) is 18.9 Å². The van der Waals surface area contributed by atoms with Crippen LogP contribution in [0.3, 0.4) is 0 Å². The molecule has 1 heterocycles. The first-order valence-electron chi connectivity index (χ1n) is 7.10. The van der Waals surface area contributed by atoms with E-state index in [1.54, 1.807) is 18.9 Å². The third-order valence-electron chi connectivity index (χ3n) is 4.47. The van der Waals surface area contributed by atoms with Gasteiger partial charge in [-0.2, -0.15) is 0 Å². The van der Waals surface area contributed by atoms with Crippen LogP contribution in [-0.4, -0.2) is 47.7 Å². The van der Waals surface area contributed by atoms with Crippen molar-refractivity contribution in [2.75, 3.05) is 13.7 Å². The normalized spacial score (nSPS) is 31.9. The van der Waals surface area contributed by atoms with Crippen LogP contribution in [0.1, 0.15) is 39.0 Å². The van der Waals surface area contributed by atoms with Crippen LogP contribution < -0.4 is 0 Å². The van der Waals surface area contributed by atoms with Gasteiger partial charge in [0.2, 0.25) is 5.91 Å². The number of aliphatic carboxylic acids is 1. The number of amides is 1. The number of hydrogen-bond acceptors (Lipinski definition) is 3. The quantitative estimate of drug-likeness (QED) is 0.840. The Labute approximate surface area is 113 Å². The van der Waals surface area contributed by atoms with Crippen molar-refractivity contribution in [1.29, 1.82) is 0 Å². The third-order valence-corrected chi connectivity index (χ3v) is 4.47. The van der Waals surface area contributed by atoms with Gasteiger partial charge in [0.1, 0.15) is 6.04 Å². The van der Waals surface area contributed by atoms with E-state index in [4.69, 9.17) is 4.74 Å². The molecule has 0 bridgehead atoms. The lowest BCUT2D eigenvalue weighted by Gasteiger charge is -2.34. The van der Waals surface area contributed by atoms with E-state index >= 15 is 0 Å². The van der Waals surface area contributed by atoms with Crippen LogP contribution in [0.5, 0.6) is 0 Å². The molecule has 5 nitrogen and oxygen atoms in total. The summed E-state index contributed by atoms with van der Waals surface area (Å²) >= 11 is 0. The molecule has 2 rings (SSSR count). The van der Waals surface area contributed by atoms with E-state index in [9.17, 15) is 14.7 Å². The molecule has 1 aliphatic carbocycles. The van der Waals surface area contributed by atoms with Crippen molar-refractivity contribution in [3.63, 3.8) is 0 Å². The molecule has 2 fully saturated rings. The van der Waals surface area contributed by atoms with Gasteiger partial charge in [-0.3, -0.25) is 4.79 Å². The maximum Gasteiger partial charge on any atom is 0.326 e. The third kappa shape index (κ3) is 2.76. The fourth-order valence-electron chi connectivity index (χ4n) is 3.57. The number of likely N-dealkylation sites (tertiary alicyclic amines) is 1. The van der Waals surface area contributed by atoms with Gasteiger partial charge in [0.15, 0.2) is 0 Å². The highest BCUT2D eigenvalue weighted by atomic mass is 16.5. The Balaban J connectivity index is 2.17. The van der Waals surface area contributed by atoms with E-state index in [2.05, 4.69) is 0 Å². The second kappa shape index (κ2) is 5.90. The van der Waals surface area contributed by atoms with Crippen molar-refractivity contribution in [3.05, 3.63) is 0 Å². The summed E-state index contributed by atoms with van der Waals surface area (Å²) in [5, 5.41) is 9.37. The van der Waals surface area contributed by atoms with Gasteiger partial charge in [-0.05, 0) is 25.2 Å². The number of fused-ring (bicyclic) bond motifs is 1. The number of ether oxygens (including phenoxy) is 1. The molecule has 0 unspecified atom stereocenters. The predicted octanol–water partition coefficient (Wildman–Crippen LogP) is 1.51. The number of nitrogens with zero attached hydrogens (tertiary/aromatic N) is 1. The summed E-state index contributed by atoms with van der Waals surface area (Å²) in [5.74, 6) is -0.836. The molecule has 4 atom stereocenters. The van der Waals surface area contributed by atoms with Crippen LogP contribution in [-0.2, 0) is 14.3 Å². The number of rotatable bonds is 4. The van der Waals surface area contributed by atoms with Gasteiger partial charge in [0, 0.05) is 13.2 Å². The lowest BCUT2D eigenvalue weighted by Crippen LogP contribution is -2.48. The first-order valence-corrected chi connectivity index (χ1v) is 7.10. The molecule has 0 radical (unpaired) electrons. The monoisotopic (exact) mass is 269 g/mol. The van der Waals surface area contributed by atoms with Gasteiger partial charge in [0.25, 0.3) is 0 Å². The van der Waals surface area contributed by atoms with Gasteiger partial charge in [-0.25, -0.2) is 4.79 Å². The zero-order valence-corrected chi connectivity index (χ0v) is 11.7. The van der Waals surface area contributed by atoms with E-state index in [0.717, 1.165) is 25.7 Å². The number of methoxy groups -OCH3 is 1. The minimum Gasteiger partial charge on any atom is -0.480 e. The van der Waals surface area contributed by atoms with Crippen molar-refractivity contribution >= 4 is 11.9 Å². The van der Waals surface area contributed by atoms with Crippen molar-refractivity contribution in [3.8, 4) is 0 Å². The molecule has 1 saturated carbocycles. The Hall–Kier alpha value is -1.10. The molecule has 1 saturated heterocycles. The second-order valence-electron chi connectivity index (χ2n) is 5.80. The minimum absolute atomic E-state index is 0.0661. The molecule has 0 spiro atoms. The summed E-state index contributed by atoms with van der Waals surface area (Å²) < 4.78 is 5.02. The summed E-state index contributed by atoms with van der Waals surface area (Å²) in [5.41, 5.74) is 0. The summed E-state index contributed by atoms with van der Waals surface area (Å²) in [6.07, 6.45) is 4.86. The average Bonchev–Trinajstić information content (AvgIpc) is 2.77. The first-order chi connectivity index (χ1) is 9.06. The topological polar surface area (TPSA) is 66.8 Å². The van der Waals surface area contributed by atoms with E-state index in [1.807, 2.05) is 0 Å². The molecule has 19 heavy (non-hydrogen) atoms. The fraction of sp³-hybridized carbons (Fsp3) is 0.857. The maximum absolute atomic E-state index is 12.5. The van der Waals surface area contributed by atoms with E-state index in [1.165, 1.54) is 0 Å². The van der Waals surface area contributed by atoms with Gasteiger partial charge in [-0.1, -0.05) is 19.8 Å². The molecule has 108 valence electrons. The second-order valence-corrected chi connectivity index (χ2v) is 5.80. The zero-order chi connectivity index (χ0) is 14.0. The zero-order valence-electron chi connectivity index (χ0n) is 11.7. The summed E-state index contributed by atoms with van der Waals surface area (Å²) in [7, 11) is 1.56. The Morgan fingerprint density at radius 2 is 2.05 bits per heavy atom. The maximum atomic E-state index is 12.5. The highest BCUT2D eigenvalue weighted by molar-refractivity contribution is 5.86. The van der Waals surface area contributed by atoms with Crippen molar-refractivity contribution in [2.24, 2.45) is 11.8 Å².